The molecule has 0 aliphatic carbocycles. The Kier molecular flexibility index (Phi) is 7.53. The lowest BCUT2D eigenvalue weighted by Crippen LogP contribution is -2.25. The molecule has 130 valence electrons. The molecule has 0 amide bonds. The first-order valence-corrected chi connectivity index (χ1v) is 8.20. The molecule has 0 radical (unpaired) electrons. The molecular formula is C19H23ClO4. The molecule has 0 saturated carbocycles. The summed E-state index contributed by atoms with van der Waals surface area (Å²) in [4.78, 5) is 0. The summed E-state index contributed by atoms with van der Waals surface area (Å²) < 4.78 is 21.8. The van der Waals surface area contributed by atoms with Gasteiger partial charge in [-0.3, -0.25) is 0 Å². The second-order valence-corrected chi connectivity index (χ2v) is 5.62. The van der Waals surface area contributed by atoms with Crippen molar-refractivity contribution >= 4 is 11.6 Å². The van der Waals surface area contributed by atoms with Gasteiger partial charge in [0.2, 0.25) is 0 Å². The van der Waals surface area contributed by atoms with Crippen LogP contribution in [-0.2, 0) is 25.9 Å². The van der Waals surface area contributed by atoms with E-state index in [-0.39, 0.29) is 0 Å². The number of alkyl halides is 1. The molecule has 0 bridgehead atoms. The summed E-state index contributed by atoms with van der Waals surface area (Å²) in [7, 11) is 3.04. The van der Waals surface area contributed by atoms with E-state index in [4.69, 9.17) is 30.5 Å². The van der Waals surface area contributed by atoms with E-state index in [0.717, 1.165) is 16.9 Å². The second kappa shape index (κ2) is 9.64. The van der Waals surface area contributed by atoms with Gasteiger partial charge in [0.25, 0.3) is 5.25 Å². The van der Waals surface area contributed by atoms with Crippen LogP contribution in [0.4, 0.5) is 0 Å². The highest BCUT2D eigenvalue weighted by Gasteiger charge is 2.31. The Balaban J connectivity index is 1.78. The van der Waals surface area contributed by atoms with Gasteiger partial charge >= 0.3 is 0 Å². The van der Waals surface area contributed by atoms with Crippen LogP contribution in [0.2, 0.25) is 0 Å². The van der Waals surface area contributed by atoms with Crippen molar-refractivity contribution in [1.82, 2.24) is 0 Å². The molecule has 0 unspecified atom stereocenters. The van der Waals surface area contributed by atoms with E-state index in [1.165, 1.54) is 14.2 Å². The Morgan fingerprint density at radius 1 is 0.833 bits per heavy atom. The molecule has 0 aliphatic rings. The van der Waals surface area contributed by atoms with Gasteiger partial charge < -0.3 is 18.9 Å². The van der Waals surface area contributed by atoms with Crippen LogP contribution in [0.15, 0.2) is 54.6 Å². The van der Waals surface area contributed by atoms with Gasteiger partial charge in [-0.25, -0.2) is 0 Å². The first-order valence-electron chi connectivity index (χ1n) is 7.83. The smallest absolute Gasteiger partial charge is 0.276 e. The largest absolute Gasteiger partial charge is 0.491 e. The molecule has 0 saturated heterocycles. The minimum absolute atomic E-state index is 0.515. The van der Waals surface area contributed by atoms with Crippen molar-refractivity contribution in [2.24, 2.45) is 0 Å². The molecule has 0 spiro atoms. The van der Waals surface area contributed by atoms with Crippen molar-refractivity contribution in [3.63, 3.8) is 0 Å². The molecule has 0 N–H and O–H groups in total. The SMILES string of the molecule is COC(Cl)(OC)c1ccccc1CCOCCOc1ccccc1. The van der Waals surface area contributed by atoms with Gasteiger partial charge in [0.15, 0.2) is 0 Å². The van der Waals surface area contributed by atoms with Crippen molar-refractivity contribution in [2.45, 2.75) is 11.7 Å². The average molecular weight is 351 g/mol. The van der Waals surface area contributed by atoms with Crippen LogP contribution in [0.5, 0.6) is 5.75 Å². The highest BCUT2D eigenvalue weighted by atomic mass is 35.5. The van der Waals surface area contributed by atoms with Crippen molar-refractivity contribution in [1.29, 1.82) is 0 Å². The van der Waals surface area contributed by atoms with Gasteiger partial charge in [0.1, 0.15) is 12.4 Å². The zero-order valence-corrected chi connectivity index (χ0v) is 14.8. The predicted octanol–water partition coefficient (Wildman–Crippen LogP) is 3.97. The van der Waals surface area contributed by atoms with Crippen LogP contribution < -0.4 is 4.74 Å². The number of para-hydroxylation sites is 1. The van der Waals surface area contributed by atoms with Gasteiger partial charge in [-0.15, -0.1) is 0 Å². The Labute approximate surface area is 148 Å². The Bertz CT molecular complexity index is 599. The first-order chi connectivity index (χ1) is 11.7. The van der Waals surface area contributed by atoms with Crippen LogP contribution in [0.1, 0.15) is 11.1 Å². The summed E-state index contributed by atoms with van der Waals surface area (Å²) in [5, 5.41) is -1.27. The lowest BCUT2D eigenvalue weighted by Gasteiger charge is -2.26. The second-order valence-electron chi connectivity index (χ2n) is 5.13. The lowest BCUT2D eigenvalue weighted by atomic mass is 10.0. The summed E-state index contributed by atoms with van der Waals surface area (Å²) in [5.74, 6) is 0.846. The van der Waals surface area contributed by atoms with Crippen LogP contribution in [0, 0.1) is 0 Å². The number of halogens is 1. The van der Waals surface area contributed by atoms with E-state index in [1.807, 2.05) is 54.6 Å². The molecule has 5 heteroatoms. The van der Waals surface area contributed by atoms with E-state index in [2.05, 4.69) is 0 Å². The third kappa shape index (κ3) is 5.21. The van der Waals surface area contributed by atoms with Gasteiger partial charge in [-0.1, -0.05) is 54.1 Å². The van der Waals surface area contributed by atoms with E-state index in [1.54, 1.807) is 0 Å². The van der Waals surface area contributed by atoms with Crippen molar-refractivity contribution < 1.29 is 18.9 Å². The molecule has 0 aromatic heterocycles. The van der Waals surface area contributed by atoms with Crippen LogP contribution in [0.25, 0.3) is 0 Å². The molecule has 0 aliphatic heterocycles. The number of hydrogen-bond donors (Lipinski definition) is 0. The molecule has 24 heavy (non-hydrogen) atoms. The fourth-order valence-corrected chi connectivity index (χ4v) is 2.54. The number of rotatable bonds is 10. The zero-order chi connectivity index (χ0) is 17.3. The first kappa shape index (κ1) is 18.7. The van der Waals surface area contributed by atoms with Crippen LogP contribution in [0.3, 0.4) is 0 Å². The summed E-state index contributed by atoms with van der Waals surface area (Å²) in [5.41, 5.74) is 1.82. The van der Waals surface area contributed by atoms with Crippen molar-refractivity contribution in [3.8, 4) is 5.75 Å². The summed E-state index contributed by atoms with van der Waals surface area (Å²) in [6, 6.07) is 17.4. The number of benzene rings is 2. The molecule has 2 aromatic rings. The van der Waals surface area contributed by atoms with Crippen LogP contribution in [-0.4, -0.2) is 34.0 Å². The standard InChI is InChI=1S/C19H23ClO4/c1-21-19(20,22-2)18-11-7-6-8-16(18)12-13-23-14-15-24-17-9-4-3-5-10-17/h3-11H,12-15H2,1-2H3. The molecule has 0 atom stereocenters. The van der Waals surface area contributed by atoms with Gasteiger partial charge in [-0.05, 0) is 24.1 Å². The Hall–Kier alpha value is -1.59. The predicted molar refractivity (Wildman–Crippen MR) is 94.5 cm³/mol. The van der Waals surface area contributed by atoms with E-state index in [9.17, 15) is 0 Å². The lowest BCUT2D eigenvalue weighted by molar-refractivity contribution is -0.148. The summed E-state index contributed by atoms with van der Waals surface area (Å²) in [6.07, 6.45) is 0.711. The average Bonchev–Trinajstić information content (AvgIpc) is 2.65. The van der Waals surface area contributed by atoms with Crippen molar-refractivity contribution in [2.75, 3.05) is 34.0 Å². The molecule has 0 fully saturated rings. The van der Waals surface area contributed by atoms with Gasteiger partial charge in [0, 0.05) is 19.8 Å². The highest BCUT2D eigenvalue weighted by Crippen LogP contribution is 2.33. The maximum Gasteiger partial charge on any atom is 0.276 e. The molecular weight excluding hydrogens is 328 g/mol. The number of hydrogen-bond acceptors (Lipinski definition) is 4. The molecule has 2 rings (SSSR count). The van der Waals surface area contributed by atoms with Crippen molar-refractivity contribution in [3.05, 3.63) is 65.7 Å². The molecule has 2 aromatic carbocycles. The number of methoxy groups -OCH3 is 2. The van der Waals surface area contributed by atoms with Crippen LogP contribution >= 0.6 is 11.6 Å². The van der Waals surface area contributed by atoms with Gasteiger partial charge in [0.05, 0.1) is 13.2 Å². The maximum atomic E-state index is 6.36. The summed E-state index contributed by atoms with van der Waals surface area (Å²) in [6.45, 7) is 1.61. The van der Waals surface area contributed by atoms with E-state index >= 15 is 0 Å². The van der Waals surface area contributed by atoms with Gasteiger partial charge in [-0.2, -0.15) is 0 Å². The number of ether oxygens (including phenoxy) is 4. The topological polar surface area (TPSA) is 36.9 Å². The van der Waals surface area contributed by atoms with E-state index in [0.29, 0.717) is 26.2 Å². The minimum atomic E-state index is -1.27. The zero-order valence-electron chi connectivity index (χ0n) is 14.0. The third-order valence-electron chi connectivity index (χ3n) is 3.62. The molecule has 0 heterocycles. The minimum Gasteiger partial charge on any atom is -0.491 e. The van der Waals surface area contributed by atoms with E-state index < -0.39 is 5.25 Å². The third-order valence-corrected chi connectivity index (χ3v) is 4.13. The summed E-state index contributed by atoms with van der Waals surface area (Å²) >= 11 is 6.36. The molecule has 4 nitrogen and oxygen atoms in total. The Morgan fingerprint density at radius 2 is 1.50 bits per heavy atom. The monoisotopic (exact) mass is 350 g/mol. The fraction of sp³-hybridized carbons (Fsp3) is 0.368. The Morgan fingerprint density at radius 3 is 2.21 bits per heavy atom. The maximum absolute atomic E-state index is 6.36. The normalized spacial score (nSPS) is 11.5. The fourth-order valence-electron chi connectivity index (χ4n) is 2.35. The highest BCUT2D eigenvalue weighted by molar-refractivity contribution is 6.22. The quantitative estimate of drug-likeness (QED) is 0.369.